The van der Waals surface area contributed by atoms with Gasteiger partial charge in [-0.3, -0.25) is 9.35 Å². The molecule has 0 radical (unpaired) electrons. The van der Waals surface area contributed by atoms with Gasteiger partial charge in [0.2, 0.25) is 5.91 Å². The minimum atomic E-state index is -4.35. The Hall–Kier alpha value is -1.96. The molecule has 0 bridgehead atoms. The highest BCUT2D eigenvalue weighted by Crippen LogP contribution is 2.12. The van der Waals surface area contributed by atoms with Crippen molar-refractivity contribution in [3.63, 3.8) is 0 Å². The average molecular weight is 650 g/mol. The van der Waals surface area contributed by atoms with E-state index in [0.717, 1.165) is 51.4 Å². The number of aliphatic hydroxyl groups excluding tert-OH is 1. The summed E-state index contributed by atoms with van der Waals surface area (Å²) in [4.78, 5) is 12.4. The van der Waals surface area contributed by atoms with Crippen LogP contribution >= 0.6 is 0 Å². The second-order valence-corrected chi connectivity index (χ2v) is 13.6. The molecular weight excluding hydrogens is 582 g/mol. The zero-order valence-corrected chi connectivity index (χ0v) is 29.5. The normalized spacial score (nSPS) is 14.1. The van der Waals surface area contributed by atoms with Crippen LogP contribution in [0.3, 0.4) is 0 Å². The van der Waals surface area contributed by atoms with Crippen molar-refractivity contribution in [2.75, 3.05) is 5.75 Å². The molecule has 0 aliphatic carbocycles. The van der Waals surface area contributed by atoms with E-state index in [9.17, 15) is 22.9 Å². The summed E-state index contributed by atoms with van der Waals surface area (Å²) in [6.07, 6.45) is 43.7. The molecule has 2 atom stereocenters. The molecule has 0 aromatic rings. The van der Waals surface area contributed by atoms with Crippen LogP contribution in [0.4, 0.5) is 0 Å². The van der Waals surface area contributed by atoms with E-state index in [4.69, 9.17) is 0 Å². The summed E-state index contributed by atoms with van der Waals surface area (Å²) in [5.41, 5.74) is 0. The first-order valence-corrected chi connectivity index (χ1v) is 19.6. The maximum atomic E-state index is 12.4. The molecule has 0 spiro atoms. The van der Waals surface area contributed by atoms with Crippen molar-refractivity contribution in [3.05, 3.63) is 60.8 Å². The molecule has 3 N–H and O–H groups in total. The van der Waals surface area contributed by atoms with Gasteiger partial charge in [-0.05, 0) is 71.1 Å². The highest BCUT2D eigenvalue weighted by atomic mass is 32.2. The summed E-state index contributed by atoms with van der Waals surface area (Å²) in [5, 5.41) is 13.1. The first kappa shape index (κ1) is 43.0. The molecular formula is C38H67NO5S. The monoisotopic (exact) mass is 649 g/mol. The molecule has 6 nitrogen and oxygen atoms in total. The van der Waals surface area contributed by atoms with E-state index in [1.807, 2.05) is 13.0 Å². The Labute approximate surface area is 277 Å². The summed E-state index contributed by atoms with van der Waals surface area (Å²) in [5.74, 6) is -1.02. The second kappa shape index (κ2) is 32.0. The van der Waals surface area contributed by atoms with Crippen molar-refractivity contribution < 1.29 is 22.9 Å². The van der Waals surface area contributed by atoms with Crippen LogP contribution in [0.1, 0.15) is 155 Å². The third kappa shape index (κ3) is 33.2. The third-order valence-corrected chi connectivity index (χ3v) is 8.52. The van der Waals surface area contributed by atoms with Gasteiger partial charge >= 0.3 is 0 Å². The van der Waals surface area contributed by atoms with E-state index in [1.54, 1.807) is 6.08 Å². The van der Waals surface area contributed by atoms with Crippen molar-refractivity contribution >= 4 is 16.0 Å². The van der Waals surface area contributed by atoms with Crippen LogP contribution in [-0.2, 0) is 14.9 Å². The molecule has 45 heavy (non-hydrogen) atoms. The van der Waals surface area contributed by atoms with Crippen LogP contribution in [-0.4, -0.2) is 41.9 Å². The van der Waals surface area contributed by atoms with Crippen LogP contribution in [0.25, 0.3) is 0 Å². The van der Waals surface area contributed by atoms with E-state index in [2.05, 4.69) is 54.8 Å². The molecule has 0 saturated carbocycles. The number of amides is 1. The highest BCUT2D eigenvalue weighted by molar-refractivity contribution is 7.85. The van der Waals surface area contributed by atoms with Gasteiger partial charge in [0, 0.05) is 6.42 Å². The smallest absolute Gasteiger partial charge is 0.267 e. The summed E-state index contributed by atoms with van der Waals surface area (Å²) < 4.78 is 32.2. The van der Waals surface area contributed by atoms with E-state index >= 15 is 0 Å². The molecule has 0 aromatic carbocycles. The molecule has 0 heterocycles. The zero-order valence-electron chi connectivity index (χ0n) is 28.7. The van der Waals surface area contributed by atoms with Crippen LogP contribution in [0.5, 0.6) is 0 Å². The van der Waals surface area contributed by atoms with Crippen molar-refractivity contribution in [3.8, 4) is 0 Å². The lowest BCUT2D eigenvalue weighted by atomic mass is 10.1. The standard InChI is InChI=1S/C38H67NO5S/c1-3-5-7-9-11-13-14-15-16-17-18-19-20-21-22-23-24-26-28-30-32-34-38(41)39-36(35-45(42,43)44)37(40)33-31-29-27-25-12-10-8-6-4-2/h4,6,12,14-15,17-18,25,31,33,36-37,40H,3,5,7-11,13,16,19-24,26-30,32,34-35H2,1-2H3,(H,39,41)(H,42,43,44)/b6-4+,15-14-,18-17-,25-12+,33-31+. The fraction of sp³-hybridized carbons (Fsp3) is 0.711. The number of carbonyl (C=O) groups is 1. The molecule has 0 aliphatic rings. The lowest BCUT2D eigenvalue weighted by molar-refractivity contribution is -0.122. The Morgan fingerprint density at radius 2 is 1.11 bits per heavy atom. The molecule has 0 aromatic heterocycles. The lowest BCUT2D eigenvalue weighted by Crippen LogP contribution is -2.46. The summed E-state index contributed by atoms with van der Waals surface area (Å²) >= 11 is 0. The van der Waals surface area contributed by atoms with Crippen LogP contribution in [0, 0.1) is 0 Å². The van der Waals surface area contributed by atoms with Gasteiger partial charge in [0.25, 0.3) is 10.1 Å². The first-order chi connectivity index (χ1) is 21.8. The van der Waals surface area contributed by atoms with Gasteiger partial charge < -0.3 is 10.4 Å². The van der Waals surface area contributed by atoms with E-state index in [-0.39, 0.29) is 12.3 Å². The molecule has 7 heteroatoms. The van der Waals surface area contributed by atoms with Gasteiger partial charge in [0.1, 0.15) is 0 Å². The number of hydrogen-bond acceptors (Lipinski definition) is 4. The minimum Gasteiger partial charge on any atom is -0.387 e. The van der Waals surface area contributed by atoms with Gasteiger partial charge in [-0.1, -0.05) is 138 Å². The number of unbranched alkanes of at least 4 members (excludes halogenated alkanes) is 16. The Balaban J connectivity index is 3.92. The average Bonchev–Trinajstić information content (AvgIpc) is 3.00. The number of rotatable bonds is 31. The molecule has 0 rings (SSSR count). The maximum Gasteiger partial charge on any atom is 0.267 e. The Kier molecular flexibility index (Phi) is 30.6. The van der Waals surface area contributed by atoms with Gasteiger partial charge in [0.15, 0.2) is 0 Å². The Morgan fingerprint density at radius 1 is 0.644 bits per heavy atom. The summed E-state index contributed by atoms with van der Waals surface area (Å²) in [7, 11) is -4.35. The van der Waals surface area contributed by atoms with Crippen molar-refractivity contribution in [1.29, 1.82) is 0 Å². The largest absolute Gasteiger partial charge is 0.387 e. The van der Waals surface area contributed by atoms with Gasteiger partial charge in [-0.15, -0.1) is 0 Å². The number of allylic oxidation sites excluding steroid dienone is 9. The first-order valence-electron chi connectivity index (χ1n) is 18.0. The topological polar surface area (TPSA) is 104 Å². The van der Waals surface area contributed by atoms with Gasteiger partial charge in [-0.25, -0.2) is 0 Å². The van der Waals surface area contributed by atoms with Crippen LogP contribution < -0.4 is 5.32 Å². The summed E-state index contributed by atoms with van der Waals surface area (Å²) in [6.45, 7) is 4.25. The fourth-order valence-corrected chi connectivity index (χ4v) is 5.78. The molecule has 2 unspecified atom stereocenters. The number of carbonyl (C=O) groups excluding carboxylic acids is 1. The van der Waals surface area contributed by atoms with Crippen molar-refractivity contribution in [2.24, 2.45) is 0 Å². The van der Waals surface area contributed by atoms with E-state index < -0.39 is 28.0 Å². The maximum absolute atomic E-state index is 12.4. The predicted molar refractivity (Wildman–Crippen MR) is 193 cm³/mol. The highest BCUT2D eigenvalue weighted by Gasteiger charge is 2.24. The zero-order chi connectivity index (χ0) is 33.3. The van der Waals surface area contributed by atoms with Crippen molar-refractivity contribution in [1.82, 2.24) is 5.32 Å². The minimum absolute atomic E-state index is 0.277. The molecule has 0 aliphatic heterocycles. The van der Waals surface area contributed by atoms with Crippen LogP contribution in [0.2, 0.25) is 0 Å². The quantitative estimate of drug-likeness (QED) is 0.0394. The number of nitrogens with one attached hydrogen (secondary N) is 1. The molecule has 0 fully saturated rings. The van der Waals surface area contributed by atoms with E-state index in [1.165, 1.54) is 83.1 Å². The molecule has 260 valence electrons. The van der Waals surface area contributed by atoms with E-state index in [0.29, 0.717) is 6.42 Å². The van der Waals surface area contributed by atoms with Crippen molar-refractivity contribution in [2.45, 2.75) is 167 Å². The molecule has 0 saturated heterocycles. The SMILES string of the molecule is C/C=C/CC/C=C/CC/C=C/C(O)C(CS(=O)(=O)O)NC(=O)CCCCCCCCCCC/C=C\C/C=C\CCCCCCC. The second-order valence-electron chi connectivity index (χ2n) is 12.1. The lowest BCUT2D eigenvalue weighted by Gasteiger charge is -2.21. The van der Waals surface area contributed by atoms with Crippen LogP contribution in [0.15, 0.2) is 60.8 Å². The fourth-order valence-electron chi connectivity index (χ4n) is 5.05. The molecule has 1 amide bonds. The predicted octanol–water partition coefficient (Wildman–Crippen LogP) is 10.1. The summed E-state index contributed by atoms with van der Waals surface area (Å²) in [6, 6.07) is -1.08. The Morgan fingerprint density at radius 3 is 1.64 bits per heavy atom. The van der Waals surface area contributed by atoms with Gasteiger partial charge in [0.05, 0.1) is 17.9 Å². The number of aliphatic hydroxyl groups is 1. The third-order valence-electron chi connectivity index (χ3n) is 7.74. The number of hydrogen-bond donors (Lipinski definition) is 3. The van der Waals surface area contributed by atoms with Gasteiger partial charge in [-0.2, -0.15) is 8.42 Å². The Bertz CT molecular complexity index is 936.